The largest absolute Gasteiger partial charge is 0.457 e. The summed E-state index contributed by atoms with van der Waals surface area (Å²) < 4.78 is 76.6. The highest BCUT2D eigenvalue weighted by atomic mass is 35.5. The molecule has 9 amide bonds. The maximum atomic E-state index is 14.4. The molecule has 3 saturated heterocycles. The minimum absolute atomic E-state index is 0.0140. The van der Waals surface area contributed by atoms with Gasteiger partial charge in [-0.3, -0.25) is 43.5 Å². The standard InChI is InChI=1S/3C34H39ClFN3O5/c3*1-23(2)29-22-37(19-20-38(29)33(42)44-34(3,4)5)32(41)31(24-11-13-25(36)14-12-24)39(30(40)21-35)26-15-17-28(18-16-26)43-27-9-7-6-8-10-27/h3*6-18,23,29,31H,19-22H2,1-5H3/t2*29-,31+;29-,31-/m101/s1. The third-order valence-corrected chi connectivity index (χ3v) is 22.5. The molecule has 9 aromatic rings. The van der Waals surface area contributed by atoms with Crippen molar-refractivity contribution in [1.29, 1.82) is 0 Å². The summed E-state index contributed by atoms with van der Waals surface area (Å²) in [6.45, 7) is 30.4. The molecule has 3 fully saturated rings. The molecule has 30 heteroatoms. The van der Waals surface area contributed by atoms with Crippen molar-refractivity contribution in [2.24, 2.45) is 17.8 Å². The van der Waals surface area contributed by atoms with Gasteiger partial charge < -0.3 is 57.8 Å². The fraction of sp³-hybridized carbons (Fsp3) is 0.382. The predicted molar refractivity (Wildman–Crippen MR) is 505 cm³/mol. The molecule has 0 aliphatic carbocycles. The molecule has 0 spiro atoms. The number of ether oxygens (including phenoxy) is 6. The van der Waals surface area contributed by atoms with Crippen LogP contribution in [0.15, 0.2) is 237 Å². The zero-order chi connectivity index (χ0) is 96.1. The van der Waals surface area contributed by atoms with E-state index in [1.807, 2.05) is 195 Å². The van der Waals surface area contributed by atoms with E-state index >= 15 is 0 Å². The van der Waals surface area contributed by atoms with Crippen LogP contribution in [0.5, 0.6) is 34.5 Å². The number of hydrogen-bond donors (Lipinski definition) is 0. The van der Waals surface area contributed by atoms with E-state index in [4.69, 9.17) is 63.2 Å². The molecule has 702 valence electrons. The van der Waals surface area contributed by atoms with Gasteiger partial charge in [0.05, 0.1) is 18.1 Å². The van der Waals surface area contributed by atoms with E-state index in [9.17, 15) is 56.3 Å². The van der Waals surface area contributed by atoms with Crippen molar-refractivity contribution in [3.63, 3.8) is 0 Å². The van der Waals surface area contributed by atoms with Crippen molar-refractivity contribution in [3.8, 4) is 34.5 Å². The van der Waals surface area contributed by atoms with Crippen LogP contribution >= 0.6 is 34.8 Å². The summed E-state index contributed by atoms with van der Waals surface area (Å²) in [7, 11) is 0. The number of piperazine rings is 3. The van der Waals surface area contributed by atoms with E-state index in [2.05, 4.69) is 0 Å². The molecule has 0 saturated carbocycles. The maximum absolute atomic E-state index is 14.4. The molecule has 24 nitrogen and oxygen atoms in total. The summed E-state index contributed by atoms with van der Waals surface area (Å²) in [5.74, 6) is -1.53. The van der Waals surface area contributed by atoms with E-state index in [0.29, 0.717) is 68.2 Å². The summed E-state index contributed by atoms with van der Waals surface area (Å²) in [6, 6.07) is 60.3. The second-order valence-electron chi connectivity index (χ2n) is 36.1. The first-order valence-corrected chi connectivity index (χ1v) is 45.5. The molecular formula is C102H117Cl3F3N9O15. The van der Waals surface area contributed by atoms with Crippen LogP contribution in [0.2, 0.25) is 0 Å². The highest BCUT2D eigenvalue weighted by Gasteiger charge is 2.46. The summed E-state index contributed by atoms with van der Waals surface area (Å²) in [4.78, 5) is 137. The van der Waals surface area contributed by atoms with Crippen LogP contribution in [0.1, 0.15) is 139 Å². The number of anilines is 3. The van der Waals surface area contributed by atoms with Gasteiger partial charge in [0.25, 0.3) is 17.7 Å². The lowest BCUT2D eigenvalue weighted by molar-refractivity contribution is -0.138. The van der Waals surface area contributed by atoms with E-state index < -0.39 is 88.4 Å². The Morgan fingerprint density at radius 2 is 0.515 bits per heavy atom. The average molecular weight is 1870 g/mol. The summed E-state index contributed by atoms with van der Waals surface area (Å²) in [5, 5.41) is 0. The number of para-hydroxylation sites is 3. The van der Waals surface area contributed by atoms with Crippen molar-refractivity contribution in [2.45, 2.75) is 157 Å². The van der Waals surface area contributed by atoms with Crippen LogP contribution in [0, 0.1) is 35.2 Å². The number of carbonyl (C=O) groups excluding carboxylic acids is 9. The lowest BCUT2D eigenvalue weighted by Crippen LogP contribution is -2.60. The van der Waals surface area contributed by atoms with Gasteiger partial charge in [-0.2, -0.15) is 0 Å². The number of alkyl halides is 3. The smallest absolute Gasteiger partial charge is 0.410 e. The highest BCUT2D eigenvalue weighted by Crippen LogP contribution is 2.40. The van der Waals surface area contributed by atoms with Gasteiger partial charge in [0.15, 0.2) is 0 Å². The summed E-state index contributed by atoms with van der Waals surface area (Å²) >= 11 is 18.3. The fourth-order valence-corrected chi connectivity index (χ4v) is 15.8. The lowest BCUT2D eigenvalue weighted by atomic mass is 9.97. The number of hydrogen-bond acceptors (Lipinski definition) is 15. The SMILES string of the molecule is CC(C)[C@@H]1CN(C(=O)[C@@H](c2ccc(F)cc2)N(C(=O)CCl)c2ccc(Oc3ccccc3)cc2)CCN1C(=O)OC(C)(C)C.CC(C)[C@H]1CN(C(=O)[C@@H](c2ccc(F)cc2)N(C(=O)CCl)c2ccc(Oc3ccccc3)cc2)CCN1C(=O)OC(C)(C)C.CC(C)[C@H]1CN(C(=O)[C@H](c2ccc(F)cc2)N(C(=O)CCl)c2ccc(Oc3ccccc3)cc2)CCN1C(=O)OC(C)(C)C. The Morgan fingerprint density at radius 3 is 0.705 bits per heavy atom. The molecule has 3 heterocycles. The number of benzene rings is 9. The number of halogens is 6. The van der Waals surface area contributed by atoms with Gasteiger partial charge in [-0.25, -0.2) is 27.6 Å². The number of carbonyl (C=O) groups is 9. The Labute approximate surface area is 786 Å². The monoisotopic (exact) mass is 1870 g/mol. The van der Waals surface area contributed by atoms with Crippen LogP contribution in [-0.4, -0.2) is 195 Å². The van der Waals surface area contributed by atoms with E-state index in [1.165, 1.54) is 87.5 Å². The number of amides is 9. The third kappa shape index (κ3) is 27.9. The van der Waals surface area contributed by atoms with Gasteiger partial charge in [0.2, 0.25) is 17.7 Å². The molecule has 3 aliphatic heterocycles. The zero-order valence-electron chi connectivity index (χ0n) is 77.1. The molecule has 0 aromatic heterocycles. The van der Waals surface area contributed by atoms with Crippen molar-refractivity contribution in [2.75, 3.05) is 91.2 Å². The van der Waals surface area contributed by atoms with E-state index in [-0.39, 0.29) is 130 Å². The molecule has 9 aromatic carbocycles. The van der Waals surface area contributed by atoms with E-state index in [0.717, 1.165) is 0 Å². The topological polar surface area (TPSA) is 238 Å². The molecule has 0 bridgehead atoms. The Bertz CT molecular complexity index is 4810. The maximum Gasteiger partial charge on any atom is 0.410 e. The second-order valence-corrected chi connectivity index (χ2v) is 36.9. The van der Waals surface area contributed by atoms with Gasteiger partial charge in [-0.05, 0) is 242 Å². The van der Waals surface area contributed by atoms with Crippen molar-refractivity contribution in [1.82, 2.24) is 29.4 Å². The first-order valence-electron chi connectivity index (χ1n) is 43.9. The van der Waals surface area contributed by atoms with Gasteiger partial charge in [0, 0.05) is 76.0 Å². The second kappa shape index (κ2) is 46.2. The number of nitrogens with zero attached hydrogens (tertiary/aromatic N) is 9. The van der Waals surface area contributed by atoms with Crippen LogP contribution in [-0.2, 0) is 43.0 Å². The molecule has 0 radical (unpaired) electrons. The lowest BCUT2D eigenvalue weighted by Gasteiger charge is -2.45. The Balaban J connectivity index is 0.000000205. The Kier molecular flexibility index (Phi) is 35.6. The number of rotatable bonds is 24. The third-order valence-electron chi connectivity index (χ3n) is 21.8. The summed E-state index contributed by atoms with van der Waals surface area (Å²) in [5.41, 5.74) is 0.556. The predicted octanol–water partition coefficient (Wildman–Crippen LogP) is 21.1. The highest BCUT2D eigenvalue weighted by molar-refractivity contribution is 6.31. The van der Waals surface area contributed by atoms with Gasteiger partial charge in [-0.15, -0.1) is 34.8 Å². The average Bonchev–Trinajstić information content (AvgIpc) is 0.784. The Morgan fingerprint density at radius 1 is 0.311 bits per heavy atom. The molecule has 0 N–H and O–H groups in total. The van der Waals surface area contributed by atoms with Crippen molar-refractivity contribution in [3.05, 3.63) is 271 Å². The van der Waals surface area contributed by atoms with E-state index in [1.54, 1.807) is 102 Å². The molecule has 0 unspecified atom stereocenters. The first-order chi connectivity index (χ1) is 62.6. The fourth-order valence-electron chi connectivity index (χ4n) is 15.4. The van der Waals surface area contributed by atoms with Crippen molar-refractivity contribution < 1.29 is 84.7 Å². The van der Waals surface area contributed by atoms with Gasteiger partial charge >= 0.3 is 18.3 Å². The molecule has 3 aliphatic rings. The minimum Gasteiger partial charge on any atom is -0.457 e. The van der Waals surface area contributed by atoms with Crippen LogP contribution < -0.4 is 28.9 Å². The van der Waals surface area contributed by atoms with Crippen molar-refractivity contribution >= 4 is 106 Å². The quantitative estimate of drug-likeness (QED) is 0.0404. The molecule has 132 heavy (non-hydrogen) atoms. The van der Waals surface area contributed by atoms with Crippen LogP contribution in [0.3, 0.4) is 0 Å². The first kappa shape index (κ1) is 102. The molecule has 6 atom stereocenters. The van der Waals surface area contributed by atoms with Gasteiger partial charge in [-0.1, -0.05) is 133 Å². The van der Waals surface area contributed by atoms with Gasteiger partial charge in [0.1, 0.15) is 105 Å². The summed E-state index contributed by atoms with van der Waals surface area (Å²) in [6.07, 6.45) is -1.31. The normalized spacial score (nSPS) is 16.0. The molecular weight excluding hydrogens is 1750 g/mol. The van der Waals surface area contributed by atoms with Crippen LogP contribution in [0.4, 0.5) is 44.6 Å². The molecule has 12 rings (SSSR count). The minimum atomic E-state index is -1.14. The zero-order valence-corrected chi connectivity index (χ0v) is 79.4. The Hall–Kier alpha value is -12.3. The van der Waals surface area contributed by atoms with Crippen LogP contribution in [0.25, 0.3) is 0 Å².